The molecule has 1 atom stereocenters. The van der Waals surface area contributed by atoms with Gasteiger partial charge in [0.1, 0.15) is 6.04 Å². The van der Waals surface area contributed by atoms with E-state index in [4.69, 9.17) is 5.73 Å². The van der Waals surface area contributed by atoms with Gasteiger partial charge in [-0.1, -0.05) is 29.3 Å². The van der Waals surface area contributed by atoms with Crippen molar-refractivity contribution in [1.29, 1.82) is 0 Å². The molecule has 1 aromatic carbocycles. The molecular formula is C11H15NO2. The summed E-state index contributed by atoms with van der Waals surface area (Å²) >= 11 is 0. The molecule has 0 spiro atoms. The molecule has 0 radical (unpaired) electrons. The standard InChI is InChI=1S/C11H15NO2/c1-7-4-8(2)6-9(5-7)10(12)11(13)14-3/h4-6,10H,12H2,1-3H3. The van der Waals surface area contributed by atoms with Gasteiger partial charge in [-0.2, -0.15) is 0 Å². The number of benzene rings is 1. The molecule has 0 fully saturated rings. The van der Waals surface area contributed by atoms with Crippen LogP contribution in [0, 0.1) is 13.8 Å². The maximum Gasteiger partial charge on any atom is 0.327 e. The zero-order valence-corrected chi connectivity index (χ0v) is 8.70. The topological polar surface area (TPSA) is 52.3 Å². The number of aryl methyl sites for hydroxylation is 2. The van der Waals surface area contributed by atoms with Crippen LogP contribution in [0.5, 0.6) is 0 Å². The molecule has 0 aromatic heterocycles. The molecule has 0 aliphatic heterocycles. The Morgan fingerprint density at radius 3 is 2.21 bits per heavy atom. The Balaban J connectivity index is 3.00. The second kappa shape index (κ2) is 4.24. The van der Waals surface area contributed by atoms with Crippen LogP contribution >= 0.6 is 0 Å². The molecule has 0 saturated heterocycles. The van der Waals surface area contributed by atoms with Gasteiger partial charge in [0.25, 0.3) is 0 Å². The van der Waals surface area contributed by atoms with Crippen LogP contribution in [0.1, 0.15) is 22.7 Å². The van der Waals surface area contributed by atoms with Crippen LogP contribution in [-0.4, -0.2) is 13.1 Å². The minimum absolute atomic E-state index is 0.407. The molecule has 1 unspecified atom stereocenters. The van der Waals surface area contributed by atoms with E-state index >= 15 is 0 Å². The van der Waals surface area contributed by atoms with Crippen molar-refractivity contribution in [2.45, 2.75) is 19.9 Å². The molecule has 3 heteroatoms. The van der Waals surface area contributed by atoms with Crippen LogP contribution in [0.2, 0.25) is 0 Å². The molecule has 1 rings (SSSR count). The number of esters is 1. The van der Waals surface area contributed by atoms with Crippen molar-refractivity contribution in [1.82, 2.24) is 0 Å². The van der Waals surface area contributed by atoms with Crippen molar-refractivity contribution >= 4 is 5.97 Å². The lowest BCUT2D eigenvalue weighted by molar-refractivity contribution is -0.142. The molecule has 0 aliphatic rings. The van der Waals surface area contributed by atoms with E-state index in [0.29, 0.717) is 0 Å². The Kier molecular flexibility index (Phi) is 3.25. The van der Waals surface area contributed by atoms with Crippen molar-refractivity contribution in [2.24, 2.45) is 5.73 Å². The summed E-state index contributed by atoms with van der Waals surface area (Å²) in [6.07, 6.45) is 0. The summed E-state index contributed by atoms with van der Waals surface area (Å²) in [5, 5.41) is 0. The van der Waals surface area contributed by atoms with E-state index in [1.165, 1.54) is 7.11 Å². The van der Waals surface area contributed by atoms with Gasteiger partial charge in [0.15, 0.2) is 0 Å². The fourth-order valence-corrected chi connectivity index (χ4v) is 1.45. The molecule has 1 aromatic rings. The van der Waals surface area contributed by atoms with Crippen LogP contribution in [0.4, 0.5) is 0 Å². The van der Waals surface area contributed by atoms with Gasteiger partial charge in [0.05, 0.1) is 7.11 Å². The maximum atomic E-state index is 11.2. The third-order valence-electron chi connectivity index (χ3n) is 2.06. The summed E-state index contributed by atoms with van der Waals surface area (Å²) in [7, 11) is 1.34. The van der Waals surface area contributed by atoms with Crippen LogP contribution in [0.15, 0.2) is 18.2 Å². The lowest BCUT2D eigenvalue weighted by Crippen LogP contribution is -2.22. The molecule has 2 N–H and O–H groups in total. The van der Waals surface area contributed by atoms with Crippen molar-refractivity contribution < 1.29 is 9.53 Å². The summed E-state index contributed by atoms with van der Waals surface area (Å²) in [6.45, 7) is 3.95. The number of nitrogens with two attached hydrogens (primary N) is 1. The van der Waals surface area contributed by atoms with E-state index in [2.05, 4.69) is 4.74 Å². The number of hydrogen-bond donors (Lipinski definition) is 1. The molecule has 0 bridgehead atoms. The van der Waals surface area contributed by atoms with Gasteiger partial charge in [-0.15, -0.1) is 0 Å². The minimum atomic E-state index is -0.682. The highest BCUT2D eigenvalue weighted by Gasteiger charge is 2.16. The smallest absolute Gasteiger partial charge is 0.327 e. The number of rotatable bonds is 2. The monoisotopic (exact) mass is 193 g/mol. The Morgan fingerprint density at radius 2 is 1.79 bits per heavy atom. The molecular weight excluding hydrogens is 178 g/mol. The normalized spacial score (nSPS) is 12.3. The highest BCUT2D eigenvalue weighted by Crippen LogP contribution is 2.15. The average molecular weight is 193 g/mol. The summed E-state index contributed by atoms with van der Waals surface area (Å²) in [6, 6.07) is 5.15. The minimum Gasteiger partial charge on any atom is -0.468 e. The number of ether oxygens (including phenoxy) is 1. The first-order valence-corrected chi connectivity index (χ1v) is 4.46. The number of methoxy groups -OCH3 is 1. The van der Waals surface area contributed by atoms with Gasteiger partial charge >= 0.3 is 5.97 Å². The van der Waals surface area contributed by atoms with Gasteiger partial charge in [-0.05, 0) is 19.4 Å². The first-order valence-electron chi connectivity index (χ1n) is 4.46. The number of hydrogen-bond acceptors (Lipinski definition) is 3. The van der Waals surface area contributed by atoms with Crippen molar-refractivity contribution in [3.05, 3.63) is 34.9 Å². The first-order chi connectivity index (χ1) is 6.54. The van der Waals surface area contributed by atoms with Gasteiger partial charge in [0, 0.05) is 0 Å². The first kappa shape index (κ1) is 10.7. The highest BCUT2D eigenvalue weighted by molar-refractivity contribution is 5.77. The second-order valence-corrected chi connectivity index (χ2v) is 3.42. The van der Waals surface area contributed by atoms with E-state index < -0.39 is 12.0 Å². The van der Waals surface area contributed by atoms with Crippen LogP contribution in [-0.2, 0) is 9.53 Å². The van der Waals surface area contributed by atoms with E-state index in [9.17, 15) is 4.79 Å². The van der Waals surface area contributed by atoms with E-state index in [-0.39, 0.29) is 0 Å². The third kappa shape index (κ3) is 2.33. The summed E-state index contributed by atoms with van der Waals surface area (Å²) < 4.78 is 4.58. The van der Waals surface area contributed by atoms with Crippen molar-refractivity contribution in [2.75, 3.05) is 7.11 Å². The molecule has 0 saturated carbocycles. The number of carbonyl (C=O) groups excluding carboxylic acids is 1. The third-order valence-corrected chi connectivity index (χ3v) is 2.06. The Labute approximate surface area is 83.9 Å². The SMILES string of the molecule is COC(=O)C(N)c1cc(C)cc(C)c1. The summed E-state index contributed by atoms with van der Waals surface area (Å²) in [5.74, 6) is -0.407. The van der Waals surface area contributed by atoms with E-state index in [0.717, 1.165) is 16.7 Å². The van der Waals surface area contributed by atoms with E-state index in [1.807, 2.05) is 32.0 Å². The fraction of sp³-hybridized carbons (Fsp3) is 0.364. The van der Waals surface area contributed by atoms with Crippen LogP contribution in [0.25, 0.3) is 0 Å². The van der Waals surface area contributed by atoms with Crippen LogP contribution in [0.3, 0.4) is 0 Å². The lowest BCUT2D eigenvalue weighted by Gasteiger charge is -2.11. The van der Waals surface area contributed by atoms with Gasteiger partial charge in [-0.3, -0.25) is 4.79 Å². The highest BCUT2D eigenvalue weighted by atomic mass is 16.5. The molecule has 0 heterocycles. The van der Waals surface area contributed by atoms with E-state index in [1.54, 1.807) is 0 Å². The zero-order chi connectivity index (χ0) is 10.7. The second-order valence-electron chi connectivity index (χ2n) is 3.42. The summed E-state index contributed by atoms with van der Waals surface area (Å²) in [5.41, 5.74) is 8.71. The van der Waals surface area contributed by atoms with Gasteiger partial charge < -0.3 is 10.5 Å². The predicted molar refractivity (Wildman–Crippen MR) is 54.9 cm³/mol. The fourth-order valence-electron chi connectivity index (χ4n) is 1.45. The predicted octanol–water partition coefficient (Wildman–Crippen LogP) is 1.48. The number of carbonyl (C=O) groups is 1. The molecule has 0 aliphatic carbocycles. The Hall–Kier alpha value is -1.35. The quantitative estimate of drug-likeness (QED) is 0.724. The van der Waals surface area contributed by atoms with Crippen molar-refractivity contribution in [3.8, 4) is 0 Å². The summed E-state index contributed by atoms with van der Waals surface area (Å²) in [4.78, 5) is 11.2. The molecule has 14 heavy (non-hydrogen) atoms. The van der Waals surface area contributed by atoms with Crippen molar-refractivity contribution in [3.63, 3.8) is 0 Å². The largest absolute Gasteiger partial charge is 0.468 e. The lowest BCUT2D eigenvalue weighted by atomic mass is 10.0. The average Bonchev–Trinajstić information content (AvgIpc) is 2.14. The molecule has 0 amide bonds. The van der Waals surface area contributed by atoms with Crippen LogP contribution < -0.4 is 5.73 Å². The Morgan fingerprint density at radius 1 is 1.29 bits per heavy atom. The zero-order valence-electron chi connectivity index (χ0n) is 8.70. The molecule has 76 valence electrons. The van der Waals surface area contributed by atoms with Gasteiger partial charge in [0.2, 0.25) is 0 Å². The molecule has 3 nitrogen and oxygen atoms in total. The maximum absolute atomic E-state index is 11.2. The van der Waals surface area contributed by atoms with Gasteiger partial charge in [-0.25, -0.2) is 0 Å². The Bertz CT molecular complexity index is 327.